The minimum absolute atomic E-state index is 0. The van der Waals surface area contributed by atoms with E-state index in [4.69, 9.17) is 4.74 Å². The zero-order valence-electron chi connectivity index (χ0n) is 14.6. The fraction of sp³-hybridized carbons (Fsp3) is 0.238. The van der Waals surface area contributed by atoms with Crippen LogP contribution in [0, 0.1) is 0 Å². The van der Waals surface area contributed by atoms with E-state index in [2.05, 4.69) is 4.98 Å². The Bertz CT molecular complexity index is 859. The Hall–Kier alpha value is -2.66. The van der Waals surface area contributed by atoms with Gasteiger partial charge in [0.25, 0.3) is 0 Å². The first-order valence-corrected chi connectivity index (χ1v) is 8.62. The number of rotatable bonds is 5. The number of esters is 1. The fourth-order valence-corrected chi connectivity index (χ4v) is 3.76. The average Bonchev–Trinajstić information content (AvgIpc) is 3.27. The molecule has 0 spiro atoms. The maximum absolute atomic E-state index is 13.1. The molecule has 0 aliphatic carbocycles. The standard InChI is InChI=1S/C21H19FN2O2.ClH/c22-14-19-23-11-12-24(19)15-18-13-21(20(25)26-18,16-7-3-1-4-8-16)17-9-5-2-6-10-17;/h1-12,18H,13-15H2;1H. The van der Waals surface area contributed by atoms with Crippen LogP contribution in [0.2, 0.25) is 0 Å². The van der Waals surface area contributed by atoms with Crippen LogP contribution in [0.15, 0.2) is 73.1 Å². The number of carbonyl (C=O) groups is 1. The second kappa shape index (κ2) is 7.92. The van der Waals surface area contributed by atoms with E-state index < -0.39 is 12.1 Å². The van der Waals surface area contributed by atoms with Crippen molar-refractivity contribution in [1.29, 1.82) is 0 Å². The quantitative estimate of drug-likeness (QED) is 0.621. The van der Waals surface area contributed by atoms with Gasteiger partial charge in [0.15, 0.2) is 0 Å². The van der Waals surface area contributed by atoms with Gasteiger partial charge in [-0.15, -0.1) is 12.4 Å². The van der Waals surface area contributed by atoms with Gasteiger partial charge in [0.05, 0.1) is 6.54 Å². The molecule has 140 valence electrons. The van der Waals surface area contributed by atoms with Crippen LogP contribution in [0.25, 0.3) is 0 Å². The largest absolute Gasteiger partial charge is 0.459 e. The summed E-state index contributed by atoms with van der Waals surface area (Å²) >= 11 is 0. The Morgan fingerprint density at radius 1 is 1.07 bits per heavy atom. The molecule has 3 aromatic rings. The highest BCUT2D eigenvalue weighted by molar-refractivity contribution is 5.89. The van der Waals surface area contributed by atoms with Crippen LogP contribution in [-0.4, -0.2) is 21.6 Å². The summed E-state index contributed by atoms with van der Waals surface area (Å²) < 4.78 is 20.5. The summed E-state index contributed by atoms with van der Waals surface area (Å²) in [6, 6.07) is 19.4. The Morgan fingerprint density at radius 2 is 1.67 bits per heavy atom. The van der Waals surface area contributed by atoms with Gasteiger partial charge in [-0.2, -0.15) is 0 Å². The van der Waals surface area contributed by atoms with Crippen molar-refractivity contribution < 1.29 is 13.9 Å². The number of alkyl halides is 1. The number of carbonyl (C=O) groups excluding carboxylic acids is 1. The van der Waals surface area contributed by atoms with Crippen LogP contribution < -0.4 is 0 Å². The van der Waals surface area contributed by atoms with E-state index in [0.717, 1.165) is 11.1 Å². The molecule has 0 radical (unpaired) electrons. The third-order valence-corrected chi connectivity index (χ3v) is 5.01. The molecule has 6 heteroatoms. The SMILES string of the molecule is Cl.O=C1OC(Cn2ccnc2CF)CC1(c1ccccc1)c1ccccc1. The molecule has 1 saturated heterocycles. The molecule has 0 amide bonds. The monoisotopic (exact) mass is 386 g/mol. The van der Waals surface area contributed by atoms with Gasteiger partial charge >= 0.3 is 5.97 Å². The van der Waals surface area contributed by atoms with Gasteiger partial charge in [-0.3, -0.25) is 4.79 Å². The van der Waals surface area contributed by atoms with Crippen molar-refractivity contribution in [1.82, 2.24) is 9.55 Å². The van der Waals surface area contributed by atoms with E-state index in [0.29, 0.717) is 18.8 Å². The van der Waals surface area contributed by atoms with Gasteiger partial charge in [0, 0.05) is 18.8 Å². The number of ether oxygens (including phenoxy) is 1. The fourth-order valence-electron chi connectivity index (χ4n) is 3.76. The van der Waals surface area contributed by atoms with Crippen molar-refractivity contribution in [3.05, 3.63) is 90.0 Å². The number of halogens is 2. The predicted octanol–water partition coefficient (Wildman–Crippen LogP) is 4.08. The number of cyclic esters (lactones) is 1. The van der Waals surface area contributed by atoms with Crippen LogP contribution in [-0.2, 0) is 28.2 Å². The maximum Gasteiger partial charge on any atom is 0.321 e. The summed E-state index contributed by atoms with van der Waals surface area (Å²) in [4.78, 5) is 17.1. The number of nitrogens with zero attached hydrogens (tertiary/aromatic N) is 2. The zero-order chi connectivity index (χ0) is 18.0. The third kappa shape index (κ3) is 3.35. The van der Waals surface area contributed by atoms with Gasteiger partial charge in [-0.05, 0) is 11.1 Å². The van der Waals surface area contributed by atoms with Gasteiger partial charge in [-0.1, -0.05) is 60.7 Å². The van der Waals surface area contributed by atoms with E-state index >= 15 is 0 Å². The van der Waals surface area contributed by atoms with Crippen molar-refractivity contribution in [2.75, 3.05) is 0 Å². The van der Waals surface area contributed by atoms with Crippen molar-refractivity contribution >= 4 is 18.4 Å². The highest BCUT2D eigenvalue weighted by atomic mass is 35.5. The topological polar surface area (TPSA) is 44.1 Å². The summed E-state index contributed by atoms with van der Waals surface area (Å²) in [5.41, 5.74) is 0.981. The number of imidazole rings is 1. The Kier molecular flexibility index (Phi) is 5.61. The molecule has 2 aromatic carbocycles. The van der Waals surface area contributed by atoms with E-state index in [-0.39, 0.29) is 24.5 Å². The molecule has 0 N–H and O–H groups in total. The second-order valence-corrected chi connectivity index (χ2v) is 6.50. The molecule has 0 saturated carbocycles. The highest BCUT2D eigenvalue weighted by Crippen LogP contribution is 2.43. The van der Waals surface area contributed by atoms with Crippen molar-refractivity contribution in [2.45, 2.75) is 31.2 Å². The minimum Gasteiger partial charge on any atom is -0.459 e. The lowest BCUT2D eigenvalue weighted by Crippen LogP contribution is -2.33. The average molecular weight is 387 g/mol. The summed E-state index contributed by atoms with van der Waals surface area (Å²) in [7, 11) is 0. The molecule has 1 unspecified atom stereocenters. The van der Waals surface area contributed by atoms with Crippen molar-refractivity contribution in [3.63, 3.8) is 0 Å². The molecular weight excluding hydrogens is 367 g/mol. The number of hydrogen-bond donors (Lipinski definition) is 0. The van der Waals surface area contributed by atoms with Crippen molar-refractivity contribution in [2.24, 2.45) is 0 Å². The Balaban J connectivity index is 0.00000210. The molecule has 1 atom stereocenters. The molecular formula is C21H20ClFN2O2. The molecule has 1 aromatic heterocycles. The second-order valence-electron chi connectivity index (χ2n) is 6.50. The van der Waals surface area contributed by atoms with E-state index in [1.54, 1.807) is 17.0 Å². The number of aromatic nitrogens is 2. The first kappa shape index (κ1) is 19.1. The van der Waals surface area contributed by atoms with E-state index in [1.807, 2.05) is 60.7 Å². The van der Waals surface area contributed by atoms with Crippen LogP contribution >= 0.6 is 12.4 Å². The maximum atomic E-state index is 13.1. The molecule has 4 nitrogen and oxygen atoms in total. The van der Waals surface area contributed by atoms with Gasteiger partial charge in [0.1, 0.15) is 24.0 Å². The molecule has 27 heavy (non-hydrogen) atoms. The van der Waals surface area contributed by atoms with Gasteiger partial charge in [0.2, 0.25) is 0 Å². The lowest BCUT2D eigenvalue weighted by atomic mass is 9.72. The molecule has 1 aliphatic heterocycles. The lowest BCUT2D eigenvalue weighted by Gasteiger charge is -2.26. The van der Waals surface area contributed by atoms with Crippen LogP contribution in [0.3, 0.4) is 0 Å². The summed E-state index contributed by atoms with van der Waals surface area (Å²) in [5.74, 6) is 0.0831. The molecule has 0 bridgehead atoms. The third-order valence-electron chi connectivity index (χ3n) is 5.01. The summed E-state index contributed by atoms with van der Waals surface area (Å²) in [6.07, 6.45) is 3.44. The highest BCUT2D eigenvalue weighted by Gasteiger charge is 2.51. The van der Waals surface area contributed by atoms with Gasteiger partial charge < -0.3 is 9.30 Å². The first-order valence-electron chi connectivity index (χ1n) is 8.62. The minimum atomic E-state index is -0.844. The zero-order valence-corrected chi connectivity index (χ0v) is 15.4. The Labute approximate surface area is 163 Å². The summed E-state index contributed by atoms with van der Waals surface area (Å²) in [5, 5.41) is 0. The molecule has 1 aliphatic rings. The number of benzene rings is 2. The van der Waals surface area contributed by atoms with Crippen molar-refractivity contribution in [3.8, 4) is 0 Å². The molecule has 4 rings (SSSR count). The Morgan fingerprint density at radius 3 is 2.22 bits per heavy atom. The normalized spacial score (nSPS) is 18.0. The predicted molar refractivity (Wildman–Crippen MR) is 102 cm³/mol. The lowest BCUT2D eigenvalue weighted by molar-refractivity contribution is -0.145. The van der Waals surface area contributed by atoms with Crippen LogP contribution in [0.5, 0.6) is 0 Å². The summed E-state index contributed by atoms with van der Waals surface area (Å²) in [6.45, 7) is -0.247. The molecule has 2 heterocycles. The van der Waals surface area contributed by atoms with E-state index in [9.17, 15) is 9.18 Å². The molecule has 1 fully saturated rings. The van der Waals surface area contributed by atoms with E-state index in [1.165, 1.54) is 0 Å². The smallest absolute Gasteiger partial charge is 0.321 e. The first-order chi connectivity index (χ1) is 12.7. The van der Waals surface area contributed by atoms with Gasteiger partial charge in [-0.25, -0.2) is 9.37 Å². The van der Waals surface area contributed by atoms with Crippen LogP contribution in [0.4, 0.5) is 4.39 Å². The van der Waals surface area contributed by atoms with Crippen LogP contribution in [0.1, 0.15) is 23.4 Å². The number of hydrogen-bond acceptors (Lipinski definition) is 3.